The van der Waals surface area contributed by atoms with Crippen LogP contribution >= 0.6 is 0 Å². The quantitative estimate of drug-likeness (QED) is 0.341. The fourth-order valence-electron chi connectivity index (χ4n) is 6.68. The van der Waals surface area contributed by atoms with Crippen LogP contribution in [0.4, 0.5) is 9.18 Å². The summed E-state index contributed by atoms with van der Waals surface area (Å²) in [5.41, 5.74) is 3.95. The van der Waals surface area contributed by atoms with Crippen molar-refractivity contribution in [1.82, 2.24) is 19.7 Å². The maximum Gasteiger partial charge on any atom is 0.335 e. The van der Waals surface area contributed by atoms with Gasteiger partial charge in [0, 0.05) is 69.3 Å². The van der Waals surface area contributed by atoms with Crippen LogP contribution < -0.4 is 4.74 Å². The van der Waals surface area contributed by atoms with E-state index in [1.807, 2.05) is 42.0 Å². The second-order valence-corrected chi connectivity index (χ2v) is 12.1. The van der Waals surface area contributed by atoms with Crippen LogP contribution in [-0.2, 0) is 11.3 Å². The van der Waals surface area contributed by atoms with Gasteiger partial charge in [-0.1, -0.05) is 17.7 Å². The zero-order chi connectivity index (χ0) is 30.8. The third-order valence-electron chi connectivity index (χ3n) is 9.18. The molecule has 3 aliphatic heterocycles. The molecule has 4 heterocycles. The van der Waals surface area contributed by atoms with Gasteiger partial charge < -0.3 is 24.4 Å². The number of carboxylic acid groups (broad SMARTS) is 1. The van der Waals surface area contributed by atoms with Crippen molar-refractivity contribution in [2.45, 2.75) is 64.2 Å². The lowest BCUT2D eigenvalue weighted by atomic mass is 9.97. The third kappa shape index (κ3) is 6.42. The number of halogens is 1. The molecule has 10 heteroatoms. The van der Waals surface area contributed by atoms with Crippen LogP contribution in [0.2, 0.25) is 0 Å². The number of aromatic nitrogens is 1. The number of hydrogen-bond acceptors (Lipinski definition) is 6. The van der Waals surface area contributed by atoms with Crippen LogP contribution in [-0.4, -0.2) is 81.7 Å². The molecule has 3 fully saturated rings. The van der Waals surface area contributed by atoms with E-state index in [9.17, 15) is 9.59 Å². The largest absolute Gasteiger partial charge is 0.478 e. The molecule has 1 aromatic heterocycles. The van der Waals surface area contributed by atoms with Gasteiger partial charge in [0.25, 0.3) is 0 Å². The number of likely N-dealkylation sites (tertiary alicyclic amines) is 1. The van der Waals surface area contributed by atoms with Gasteiger partial charge in [-0.3, -0.25) is 4.90 Å². The van der Waals surface area contributed by atoms with Gasteiger partial charge in [0.05, 0.1) is 11.6 Å². The molecular weight excluding hydrogens is 563 g/mol. The SMILES string of the molecule is Cc1ccc(F)c(C2CN(C3CCOCC3)C(=O)N2C2CCN(Cc3cnc(Oc4ccc(C(=O)O)cc4)cc3C)CC2)c1. The molecule has 9 nitrogen and oxygen atoms in total. The van der Waals surface area contributed by atoms with Crippen LogP contribution in [0.15, 0.2) is 54.7 Å². The van der Waals surface area contributed by atoms with Crippen LogP contribution in [0.25, 0.3) is 0 Å². The number of nitrogens with zero attached hydrogens (tertiary/aromatic N) is 4. The van der Waals surface area contributed by atoms with Crippen LogP contribution in [0.5, 0.6) is 11.6 Å². The molecule has 3 saturated heterocycles. The van der Waals surface area contributed by atoms with Gasteiger partial charge in [0.15, 0.2) is 0 Å². The summed E-state index contributed by atoms with van der Waals surface area (Å²) in [6, 6.07) is 13.2. The van der Waals surface area contributed by atoms with Crippen molar-refractivity contribution in [3.05, 3.63) is 88.4 Å². The Kier molecular flexibility index (Phi) is 8.81. The van der Waals surface area contributed by atoms with Crippen molar-refractivity contribution in [3.63, 3.8) is 0 Å². The van der Waals surface area contributed by atoms with Crippen molar-refractivity contribution >= 4 is 12.0 Å². The summed E-state index contributed by atoms with van der Waals surface area (Å²) in [5.74, 6) is -0.267. The van der Waals surface area contributed by atoms with E-state index in [0.717, 1.165) is 62.0 Å². The first-order valence-corrected chi connectivity index (χ1v) is 15.4. The Morgan fingerprint density at radius 2 is 1.75 bits per heavy atom. The molecule has 44 heavy (non-hydrogen) atoms. The van der Waals surface area contributed by atoms with Crippen molar-refractivity contribution < 1.29 is 28.6 Å². The molecule has 0 saturated carbocycles. The molecule has 0 spiro atoms. The molecule has 2 amide bonds. The summed E-state index contributed by atoms with van der Waals surface area (Å²) in [6.07, 6.45) is 5.09. The average molecular weight is 603 g/mol. The van der Waals surface area contributed by atoms with E-state index in [4.69, 9.17) is 14.6 Å². The Balaban J connectivity index is 1.11. The number of carboxylic acids is 1. The Bertz CT molecular complexity index is 1500. The van der Waals surface area contributed by atoms with E-state index in [0.29, 0.717) is 37.0 Å². The van der Waals surface area contributed by atoms with Crippen LogP contribution in [0.3, 0.4) is 0 Å². The molecule has 0 aliphatic carbocycles. The Hall–Kier alpha value is -4.02. The molecule has 3 aromatic rings. The molecule has 6 rings (SSSR count). The number of pyridine rings is 1. The van der Waals surface area contributed by atoms with Gasteiger partial charge in [-0.05, 0) is 81.0 Å². The molecule has 1 N–H and O–H groups in total. The summed E-state index contributed by atoms with van der Waals surface area (Å²) in [6.45, 7) is 8.18. The highest BCUT2D eigenvalue weighted by Gasteiger charge is 2.46. The minimum Gasteiger partial charge on any atom is -0.478 e. The number of aromatic carboxylic acids is 1. The number of aryl methyl sites for hydroxylation is 2. The summed E-state index contributed by atoms with van der Waals surface area (Å²) < 4.78 is 26.6. The first kappa shape index (κ1) is 30.0. The van der Waals surface area contributed by atoms with Crippen LogP contribution in [0, 0.1) is 19.7 Å². The van der Waals surface area contributed by atoms with Crippen molar-refractivity contribution in [1.29, 1.82) is 0 Å². The molecular formula is C34H39FN4O5. The smallest absolute Gasteiger partial charge is 0.335 e. The number of benzene rings is 2. The number of hydrogen-bond donors (Lipinski definition) is 1. The molecule has 0 bridgehead atoms. The highest BCUT2D eigenvalue weighted by molar-refractivity contribution is 5.87. The van der Waals surface area contributed by atoms with Gasteiger partial charge in [-0.2, -0.15) is 0 Å². The van der Waals surface area contributed by atoms with E-state index in [1.165, 1.54) is 18.2 Å². The molecule has 2 aromatic carbocycles. The molecule has 3 aliphatic rings. The minimum atomic E-state index is -0.983. The lowest BCUT2D eigenvalue weighted by molar-refractivity contribution is 0.0493. The van der Waals surface area contributed by atoms with Crippen LogP contribution in [0.1, 0.15) is 64.3 Å². The Morgan fingerprint density at radius 1 is 1.02 bits per heavy atom. The van der Waals surface area contributed by atoms with E-state index < -0.39 is 5.97 Å². The number of carbonyl (C=O) groups is 2. The van der Waals surface area contributed by atoms with Gasteiger partial charge in [-0.25, -0.2) is 19.0 Å². The number of urea groups is 1. The summed E-state index contributed by atoms with van der Waals surface area (Å²) in [5, 5.41) is 9.09. The number of carbonyl (C=O) groups excluding carboxylic acids is 1. The van der Waals surface area contributed by atoms with E-state index in [2.05, 4.69) is 9.88 Å². The number of ether oxygens (including phenoxy) is 2. The van der Waals surface area contributed by atoms with E-state index >= 15 is 4.39 Å². The van der Waals surface area contributed by atoms with Gasteiger partial charge in [0.1, 0.15) is 11.6 Å². The number of piperidine rings is 1. The lowest BCUT2D eigenvalue weighted by Crippen LogP contribution is -2.48. The fraction of sp³-hybridized carbons (Fsp3) is 0.441. The monoisotopic (exact) mass is 602 g/mol. The summed E-state index contributed by atoms with van der Waals surface area (Å²) in [4.78, 5) is 35.9. The molecule has 1 unspecified atom stereocenters. The van der Waals surface area contributed by atoms with E-state index in [-0.39, 0.29) is 35.5 Å². The predicted octanol–water partition coefficient (Wildman–Crippen LogP) is 5.95. The predicted molar refractivity (Wildman–Crippen MR) is 162 cm³/mol. The minimum absolute atomic E-state index is 0.0227. The highest BCUT2D eigenvalue weighted by atomic mass is 19.1. The fourth-order valence-corrected chi connectivity index (χ4v) is 6.68. The van der Waals surface area contributed by atoms with Crippen molar-refractivity contribution in [2.24, 2.45) is 0 Å². The Morgan fingerprint density at radius 3 is 2.43 bits per heavy atom. The van der Waals surface area contributed by atoms with Gasteiger partial charge >= 0.3 is 12.0 Å². The second-order valence-electron chi connectivity index (χ2n) is 12.1. The average Bonchev–Trinajstić information content (AvgIpc) is 3.37. The van der Waals surface area contributed by atoms with Crippen molar-refractivity contribution in [3.8, 4) is 11.6 Å². The van der Waals surface area contributed by atoms with E-state index in [1.54, 1.807) is 18.2 Å². The topological polar surface area (TPSA) is 95.4 Å². The lowest BCUT2D eigenvalue weighted by Gasteiger charge is -2.39. The van der Waals surface area contributed by atoms with Gasteiger partial charge in [-0.15, -0.1) is 0 Å². The molecule has 0 radical (unpaired) electrons. The number of rotatable bonds is 8. The normalized spacial score (nSPS) is 20.3. The Labute approximate surface area is 257 Å². The highest BCUT2D eigenvalue weighted by Crippen LogP contribution is 2.38. The maximum absolute atomic E-state index is 15.2. The first-order chi connectivity index (χ1) is 21.3. The molecule has 1 atom stereocenters. The summed E-state index contributed by atoms with van der Waals surface area (Å²) in [7, 11) is 0. The molecule has 232 valence electrons. The standard InChI is InChI=1S/C34H39FN4O5/c1-22-3-8-30(35)29(17-22)31-21-38(26-11-15-43-16-12-26)34(42)39(31)27-9-13-37(14-10-27)20-25-19-36-32(18-23(25)2)44-28-6-4-24(5-7-28)33(40)41/h3-8,17-19,26-27,31H,9-16,20-21H2,1-2H3,(H,40,41). The van der Waals surface area contributed by atoms with Crippen molar-refractivity contribution in [2.75, 3.05) is 32.8 Å². The van der Waals surface area contributed by atoms with Gasteiger partial charge in [0.2, 0.25) is 5.88 Å². The number of amides is 2. The zero-order valence-electron chi connectivity index (χ0n) is 25.2. The first-order valence-electron chi connectivity index (χ1n) is 15.4. The zero-order valence-corrected chi connectivity index (χ0v) is 25.2. The summed E-state index contributed by atoms with van der Waals surface area (Å²) >= 11 is 0. The third-order valence-corrected chi connectivity index (χ3v) is 9.18. The maximum atomic E-state index is 15.2. The second kappa shape index (κ2) is 12.9.